The van der Waals surface area contributed by atoms with Crippen LogP contribution in [0.1, 0.15) is 40.0 Å². The Kier molecular flexibility index (Phi) is 7.33. The highest BCUT2D eigenvalue weighted by Gasteiger charge is 2.14. The van der Waals surface area contributed by atoms with Gasteiger partial charge in [-0.1, -0.05) is 6.92 Å². The molecule has 2 nitrogen and oxygen atoms in total. The van der Waals surface area contributed by atoms with E-state index in [1.807, 2.05) is 13.8 Å². The van der Waals surface area contributed by atoms with Crippen LogP contribution < -0.4 is 0 Å². The van der Waals surface area contributed by atoms with Crippen LogP contribution in [0.15, 0.2) is 0 Å². The molecule has 0 bridgehead atoms. The zero-order chi connectivity index (χ0) is 10.1. The molecule has 1 atom stereocenters. The normalized spacial score (nSPS) is 11.6. The lowest BCUT2D eigenvalue weighted by atomic mass is 10.1. The summed E-state index contributed by atoms with van der Waals surface area (Å²) < 4.78 is 5.29. The zero-order valence-corrected chi connectivity index (χ0v) is 8.72. The lowest BCUT2D eigenvalue weighted by Gasteiger charge is -2.12. The fourth-order valence-electron chi connectivity index (χ4n) is 1.11. The molecular formula is C11H18O2. The Morgan fingerprint density at radius 1 is 1.46 bits per heavy atom. The molecule has 0 radical (unpaired) electrons. The Hall–Kier alpha value is -0.810. The standard InChI is InChI=1S/C11H18O2/c1-4-7-8-9-10(12)11(5-2)13-6-3/h11H,5-6,8-9H2,1-3H3. The molecule has 0 spiro atoms. The SMILES string of the molecule is CC#CCCC(=O)C(CC)OCC. The van der Waals surface area contributed by atoms with Crippen molar-refractivity contribution < 1.29 is 9.53 Å². The summed E-state index contributed by atoms with van der Waals surface area (Å²) in [4.78, 5) is 11.4. The van der Waals surface area contributed by atoms with E-state index in [4.69, 9.17) is 4.74 Å². The Labute approximate surface area is 80.7 Å². The van der Waals surface area contributed by atoms with E-state index in [-0.39, 0.29) is 11.9 Å². The first-order chi connectivity index (χ1) is 6.26. The van der Waals surface area contributed by atoms with Gasteiger partial charge in [-0.3, -0.25) is 4.79 Å². The van der Waals surface area contributed by atoms with E-state index in [0.717, 1.165) is 6.42 Å². The van der Waals surface area contributed by atoms with Crippen molar-refractivity contribution in [1.29, 1.82) is 0 Å². The number of carbonyl (C=O) groups is 1. The van der Waals surface area contributed by atoms with Gasteiger partial charge in [-0.25, -0.2) is 0 Å². The van der Waals surface area contributed by atoms with Gasteiger partial charge in [-0.05, 0) is 20.3 Å². The Bertz CT molecular complexity index is 198. The Morgan fingerprint density at radius 3 is 2.62 bits per heavy atom. The minimum Gasteiger partial charge on any atom is -0.371 e. The van der Waals surface area contributed by atoms with E-state index in [9.17, 15) is 4.79 Å². The highest BCUT2D eigenvalue weighted by molar-refractivity contribution is 5.83. The lowest BCUT2D eigenvalue weighted by molar-refractivity contribution is -0.130. The fourth-order valence-corrected chi connectivity index (χ4v) is 1.11. The van der Waals surface area contributed by atoms with Gasteiger partial charge in [-0.15, -0.1) is 11.8 Å². The molecular weight excluding hydrogens is 164 g/mol. The minimum absolute atomic E-state index is 0.173. The third kappa shape index (κ3) is 5.43. The van der Waals surface area contributed by atoms with E-state index in [2.05, 4.69) is 11.8 Å². The number of rotatable bonds is 6. The molecule has 0 aliphatic rings. The van der Waals surface area contributed by atoms with Gasteiger partial charge >= 0.3 is 0 Å². The molecule has 0 aliphatic carbocycles. The van der Waals surface area contributed by atoms with Crippen molar-refractivity contribution >= 4 is 5.78 Å². The summed E-state index contributed by atoms with van der Waals surface area (Å²) >= 11 is 0. The van der Waals surface area contributed by atoms with Crippen LogP contribution in [0.2, 0.25) is 0 Å². The van der Waals surface area contributed by atoms with E-state index in [1.165, 1.54) is 0 Å². The van der Waals surface area contributed by atoms with Crippen molar-refractivity contribution in [3.8, 4) is 11.8 Å². The van der Waals surface area contributed by atoms with Gasteiger partial charge in [0.05, 0.1) is 0 Å². The van der Waals surface area contributed by atoms with Crippen molar-refractivity contribution in [1.82, 2.24) is 0 Å². The molecule has 0 heterocycles. The topological polar surface area (TPSA) is 26.3 Å². The summed E-state index contributed by atoms with van der Waals surface area (Å²) in [7, 11) is 0. The molecule has 2 heteroatoms. The van der Waals surface area contributed by atoms with Gasteiger partial charge in [-0.2, -0.15) is 0 Å². The van der Waals surface area contributed by atoms with Crippen LogP contribution in [0.5, 0.6) is 0 Å². The maximum Gasteiger partial charge on any atom is 0.162 e. The molecule has 0 aromatic rings. The zero-order valence-electron chi connectivity index (χ0n) is 8.72. The highest BCUT2D eigenvalue weighted by atomic mass is 16.5. The van der Waals surface area contributed by atoms with Crippen LogP contribution in [0.4, 0.5) is 0 Å². The molecule has 0 fully saturated rings. The van der Waals surface area contributed by atoms with Crippen molar-refractivity contribution in [3.63, 3.8) is 0 Å². The molecule has 0 aliphatic heterocycles. The average Bonchev–Trinajstić information content (AvgIpc) is 2.14. The monoisotopic (exact) mass is 182 g/mol. The Balaban J connectivity index is 3.81. The largest absolute Gasteiger partial charge is 0.371 e. The molecule has 0 aromatic carbocycles. The van der Waals surface area contributed by atoms with Crippen molar-refractivity contribution in [2.75, 3.05) is 6.61 Å². The highest BCUT2D eigenvalue weighted by Crippen LogP contribution is 2.04. The first kappa shape index (κ1) is 12.2. The smallest absolute Gasteiger partial charge is 0.162 e. The summed E-state index contributed by atoms with van der Waals surface area (Å²) in [5.41, 5.74) is 0. The van der Waals surface area contributed by atoms with Crippen LogP contribution in [0, 0.1) is 11.8 Å². The predicted octanol–water partition coefficient (Wildman–Crippen LogP) is 2.17. The van der Waals surface area contributed by atoms with Gasteiger partial charge in [0.2, 0.25) is 0 Å². The molecule has 0 amide bonds. The average molecular weight is 182 g/mol. The van der Waals surface area contributed by atoms with Crippen molar-refractivity contribution in [2.45, 2.75) is 46.1 Å². The molecule has 13 heavy (non-hydrogen) atoms. The van der Waals surface area contributed by atoms with Crippen LogP contribution >= 0.6 is 0 Å². The van der Waals surface area contributed by atoms with Gasteiger partial charge in [0.1, 0.15) is 6.10 Å². The van der Waals surface area contributed by atoms with Crippen LogP contribution in [-0.2, 0) is 9.53 Å². The second-order valence-electron chi connectivity index (χ2n) is 2.75. The quantitative estimate of drug-likeness (QED) is 0.588. The Morgan fingerprint density at radius 2 is 2.15 bits per heavy atom. The van der Waals surface area contributed by atoms with Crippen LogP contribution in [0.25, 0.3) is 0 Å². The molecule has 1 unspecified atom stereocenters. The summed E-state index contributed by atoms with van der Waals surface area (Å²) in [6.07, 6.45) is 1.70. The van der Waals surface area contributed by atoms with E-state index < -0.39 is 0 Å². The number of hydrogen-bond donors (Lipinski definition) is 0. The number of ether oxygens (including phenoxy) is 1. The van der Waals surface area contributed by atoms with Crippen LogP contribution in [-0.4, -0.2) is 18.5 Å². The molecule has 74 valence electrons. The van der Waals surface area contributed by atoms with Gasteiger partial charge < -0.3 is 4.74 Å². The van der Waals surface area contributed by atoms with Crippen molar-refractivity contribution in [3.05, 3.63) is 0 Å². The number of Topliss-reactive ketones (excluding diaryl/α,β-unsaturated/α-hetero) is 1. The van der Waals surface area contributed by atoms with E-state index >= 15 is 0 Å². The molecule has 0 aromatic heterocycles. The lowest BCUT2D eigenvalue weighted by Crippen LogP contribution is -2.23. The van der Waals surface area contributed by atoms with E-state index in [1.54, 1.807) is 6.92 Å². The van der Waals surface area contributed by atoms with Crippen LogP contribution in [0.3, 0.4) is 0 Å². The number of carbonyl (C=O) groups excluding carboxylic acids is 1. The molecule has 0 saturated heterocycles. The summed E-state index contributed by atoms with van der Waals surface area (Å²) in [5, 5.41) is 0. The number of ketones is 1. The summed E-state index contributed by atoms with van der Waals surface area (Å²) in [6.45, 7) is 6.25. The fraction of sp³-hybridized carbons (Fsp3) is 0.727. The van der Waals surface area contributed by atoms with Gasteiger partial charge in [0.15, 0.2) is 5.78 Å². The first-order valence-electron chi connectivity index (χ1n) is 4.80. The third-order valence-corrected chi connectivity index (χ3v) is 1.77. The van der Waals surface area contributed by atoms with E-state index in [0.29, 0.717) is 19.4 Å². The third-order valence-electron chi connectivity index (χ3n) is 1.77. The minimum atomic E-state index is -0.219. The summed E-state index contributed by atoms with van der Waals surface area (Å²) in [5.74, 6) is 5.82. The van der Waals surface area contributed by atoms with Crippen molar-refractivity contribution in [2.24, 2.45) is 0 Å². The molecule has 0 N–H and O–H groups in total. The maximum absolute atomic E-state index is 11.4. The maximum atomic E-state index is 11.4. The predicted molar refractivity (Wildman–Crippen MR) is 53.4 cm³/mol. The molecule has 0 rings (SSSR count). The van der Waals surface area contributed by atoms with Gasteiger partial charge in [0.25, 0.3) is 0 Å². The van der Waals surface area contributed by atoms with Gasteiger partial charge in [0, 0.05) is 19.4 Å². The first-order valence-corrected chi connectivity index (χ1v) is 4.80. The second kappa shape index (κ2) is 7.82. The summed E-state index contributed by atoms with van der Waals surface area (Å²) in [6, 6.07) is 0. The number of hydrogen-bond acceptors (Lipinski definition) is 2. The second-order valence-corrected chi connectivity index (χ2v) is 2.75. The molecule has 0 saturated carbocycles.